The molecule has 0 aliphatic carbocycles. The van der Waals surface area contributed by atoms with Crippen LogP contribution in [0.25, 0.3) is 0 Å². The van der Waals surface area contributed by atoms with Gasteiger partial charge in [0.2, 0.25) is 0 Å². The molecule has 96 valence electrons. The summed E-state index contributed by atoms with van der Waals surface area (Å²) in [6, 6.07) is 5.96. The molecule has 0 N–H and O–H groups in total. The number of nitrogens with zero attached hydrogens (tertiary/aromatic N) is 2. The second-order valence-corrected chi connectivity index (χ2v) is 3.06. The van der Waals surface area contributed by atoms with Gasteiger partial charge in [0.1, 0.15) is 0 Å². The molecule has 0 bridgehead atoms. The van der Waals surface area contributed by atoms with Gasteiger partial charge in [-0.3, -0.25) is 9.97 Å². The minimum atomic E-state index is -1.19. The van der Waals surface area contributed by atoms with Crippen molar-refractivity contribution >= 4 is 29.0 Å². The maximum atomic E-state index is 10.0. The molecule has 0 aromatic carbocycles. The molecule has 0 amide bonds. The SMILES string of the molecule is O=C([O-])c1cccnc1.O=C([O-])c1cccnc1.[Se+2]. The fourth-order valence-electron chi connectivity index (χ4n) is 0.967. The van der Waals surface area contributed by atoms with Crippen LogP contribution in [0.1, 0.15) is 20.7 Å². The minimum absolute atomic E-state index is 0. The molecule has 2 aromatic rings. The number of hydrogen-bond donors (Lipinski definition) is 0. The number of carboxylic acid groups (broad SMARTS) is 2. The van der Waals surface area contributed by atoms with E-state index in [1.807, 2.05) is 0 Å². The molecule has 0 spiro atoms. The number of rotatable bonds is 2. The third-order valence-electron chi connectivity index (χ3n) is 1.79. The second kappa shape index (κ2) is 8.79. The molecule has 7 heteroatoms. The molecule has 0 aliphatic heterocycles. The van der Waals surface area contributed by atoms with Crippen molar-refractivity contribution in [1.29, 1.82) is 0 Å². The van der Waals surface area contributed by atoms with Gasteiger partial charge in [0.15, 0.2) is 0 Å². The van der Waals surface area contributed by atoms with Crippen molar-refractivity contribution in [3.63, 3.8) is 0 Å². The zero-order chi connectivity index (χ0) is 13.4. The van der Waals surface area contributed by atoms with Gasteiger partial charge in [-0.05, 0) is 12.1 Å². The third kappa shape index (κ3) is 6.30. The smallest absolute Gasteiger partial charge is 0.545 e. The average Bonchev–Trinajstić information content (AvgIpc) is 2.41. The summed E-state index contributed by atoms with van der Waals surface area (Å²) in [4.78, 5) is 27.3. The molecular weight excluding hydrogens is 315 g/mol. The van der Waals surface area contributed by atoms with Gasteiger partial charge < -0.3 is 19.8 Å². The van der Waals surface area contributed by atoms with E-state index >= 15 is 0 Å². The third-order valence-corrected chi connectivity index (χ3v) is 1.79. The van der Waals surface area contributed by atoms with Crippen LogP contribution in [0.5, 0.6) is 0 Å². The van der Waals surface area contributed by atoms with Gasteiger partial charge in [0.25, 0.3) is 0 Å². The topological polar surface area (TPSA) is 106 Å². The van der Waals surface area contributed by atoms with Crippen molar-refractivity contribution in [2.75, 3.05) is 0 Å². The normalized spacial score (nSPS) is 8.42. The van der Waals surface area contributed by atoms with E-state index in [4.69, 9.17) is 0 Å². The Morgan fingerprint density at radius 3 is 1.37 bits per heavy atom. The Bertz CT molecular complexity index is 470. The average molecular weight is 323 g/mol. The standard InChI is InChI=1S/2C6H5NO2.Se/c2*8-6(9)5-2-1-3-7-4-5;/h2*1-4H,(H,8,9);/q;;+2/p-2. The predicted molar refractivity (Wildman–Crippen MR) is 62.9 cm³/mol. The first kappa shape index (κ1) is 16.8. The van der Waals surface area contributed by atoms with Crippen LogP contribution in [-0.4, -0.2) is 39.0 Å². The molecule has 0 aliphatic rings. The van der Waals surface area contributed by atoms with Crippen LogP contribution in [0.4, 0.5) is 0 Å². The number of carbonyl (C=O) groups is 2. The summed E-state index contributed by atoms with van der Waals surface area (Å²) in [6.45, 7) is 0. The van der Waals surface area contributed by atoms with E-state index in [1.165, 1.54) is 36.9 Å². The molecule has 2 rings (SSSR count). The number of carbonyl (C=O) groups excluding carboxylic acids is 2. The van der Waals surface area contributed by atoms with Gasteiger partial charge >= 0.3 is 17.1 Å². The summed E-state index contributed by atoms with van der Waals surface area (Å²) in [6.07, 6.45) is 5.50. The summed E-state index contributed by atoms with van der Waals surface area (Å²) >= 11 is 0. The van der Waals surface area contributed by atoms with Gasteiger partial charge in [-0.1, -0.05) is 12.1 Å². The Labute approximate surface area is 119 Å². The second-order valence-electron chi connectivity index (χ2n) is 3.06. The molecule has 0 saturated heterocycles. The van der Waals surface area contributed by atoms with Gasteiger partial charge in [-0.2, -0.15) is 0 Å². The summed E-state index contributed by atoms with van der Waals surface area (Å²) in [7, 11) is 0. The van der Waals surface area contributed by atoms with Gasteiger partial charge in [0, 0.05) is 35.9 Å². The Morgan fingerprint density at radius 2 is 1.21 bits per heavy atom. The Hall–Kier alpha value is -2.24. The number of hydrogen-bond acceptors (Lipinski definition) is 6. The van der Waals surface area contributed by atoms with E-state index in [1.54, 1.807) is 12.1 Å². The largest absolute Gasteiger partial charge is 2.00 e. The molecule has 19 heavy (non-hydrogen) atoms. The van der Waals surface area contributed by atoms with E-state index < -0.39 is 11.9 Å². The van der Waals surface area contributed by atoms with Gasteiger partial charge in [-0.15, -0.1) is 0 Å². The van der Waals surface area contributed by atoms with E-state index in [-0.39, 0.29) is 28.2 Å². The van der Waals surface area contributed by atoms with Crippen molar-refractivity contribution in [3.8, 4) is 0 Å². The zero-order valence-electron chi connectivity index (χ0n) is 9.55. The summed E-state index contributed by atoms with van der Waals surface area (Å²) < 4.78 is 0. The fraction of sp³-hybridized carbons (Fsp3) is 0. The fourth-order valence-corrected chi connectivity index (χ4v) is 0.967. The minimum Gasteiger partial charge on any atom is -0.545 e. The first-order chi connectivity index (χ1) is 8.61. The molecule has 2 aromatic heterocycles. The molecule has 0 fully saturated rings. The first-order valence-corrected chi connectivity index (χ1v) is 4.84. The molecular formula is C12H8N2O4Se. The quantitative estimate of drug-likeness (QED) is 0.623. The maximum Gasteiger partial charge on any atom is 2.00 e. The van der Waals surface area contributed by atoms with Crippen LogP contribution in [0.15, 0.2) is 49.1 Å². The number of aromatic carboxylic acids is 2. The van der Waals surface area contributed by atoms with Crippen LogP contribution < -0.4 is 10.2 Å². The molecule has 0 atom stereocenters. The predicted octanol–water partition coefficient (Wildman–Crippen LogP) is -1.49. The van der Waals surface area contributed by atoms with Gasteiger partial charge in [-0.25, -0.2) is 0 Å². The van der Waals surface area contributed by atoms with Crippen LogP contribution in [-0.2, 0) is 0 Å². The monoisotopic (exact) mass is 324 g/mol. The molecule has 2 heterocycles. The first-order valence-electron chi connectivity index (χ1n) is 4.84. The molecule has 4 radical (unpaired) electrons. The van der Waals surface area contributed by atoms with E-state index in [2.05, 4.69) is 9.97 Å². The zero-order valence-corrected chi connectivity index (χ0v) is 11.3. The number of carboxylic acids is 2. The Balaban J connectivity index is 0.000000324. The Morgan fingerprint density at radius 1 is 0.842 bits per heavy atom. The van der Waals surface area contributed by atoms with Crippen molar-refractivity contribution < 1.29 is 19.8 Å². The van der Waals surface area contributed by atoms with Gasteiger partial charge in [0.05, 0.1) is 11.9 Å². The van der Waals surface area contributed by atoms with Crippen LogP contribution in [0, 0.1) is 0 Å². The van der Waals surface area contributed by atoms with Crippen molar-refractivity contribution in [1.82, 2.24) is 9.97 Å². The summed E-state index contributed by atoms with van der Waals surface area (Å²) in [5, 5.41) is 20.1. The molecule has 0 saturated carbocycles. The maximum absolute atomic E-state index is 10.0. The Kier molecular flexibility index (Phi) is 7.76. The van der Waals surface area contributed by atoms with Crippen molar-refractivity contribution in [2.45, 2.75) is 0 Å². The van der Waals surface area contributed by atoms with Crippen LogP contribution in [0.3, 0.4) is 0 Å². The van der Waals surface area contributed by atoms with Crippen molar-refractivity contribution in [2.24, 2.45) is 0 Å². The van der Waals surface area contributed by atoms with E-state index in [0.717, 1.165) is 0 Å². The van der Waals surface area contributed by atoms with Crippen LogP contribution in [0.2, 0.25) is 0 Å². The summed E-state index contributed by atoms with van der Waals surface area (Å²) in [5.41, 5.74) is 0.218. The van der Waals surface area contributed by atoms with Crippen LogP contribution >= 0.6 is 0 Å². The van der Waals surface area contributed by atoms with Crippen molar-refractivity contribution in [3.05, 3.63) is 60.2 Å². The summed E-state index contributed by atoms with van der Waals surface area (Å²) in [5.74, 6) is -2.38. The number of aromatic nitrogens is 2. The van der Waals surface area contributed by atoms with E-state index in [0.29, 0.717) is 0 Å². The molecule has 6 nitrogen and oxygen atoms in total. The number of pyridine rings is 2. The van der Waals surface area contributed by atoms with E-state index in [9.17, 15) is 19.8 Å². The molecule has 0 unspecified atom stereocenters.